The Morgan fingerprint density at radius 1 is 1.25 bits per heavy atom. The van der Waals surface area contributed by atoms with Crippen LogP contribution in [-0.2, 0) is 14.3 Å². The van der Waals surface area contributed by atoms with E-state index >= 15 is 0 Å². The number of hydrogen-bond donors (Lipinski definition) is 2. The van der Waals surface area contributed by atoms with Crippen LogP contribution >= 0.6 is 0 Å². The molecule has 2 saturated heterocycles. The van der Waals surface area contributed by atoms with E-state index in [2.05, 4.69) is 34.6 Å². The molecule has 2 N–H and O–H groups in total. The summed E-state index contributed by atoms with van der Waals surface area (Å²) in [7, 11) is 0. The lowest BCUT2D eigenvalue weighted by atomic mass is 10.1. The summed E-state index contributed by atoms with van der Waals surface area (Å²) in [6.45, 7) is 9.01. The number of nitrogens with one attached hydrogen (secondary N) is 2. The molecule has 1 unspecified atom stereocenters. The summed E-state index contributed by atoms with van der Waals surface area (Å²) in [5.74, 6) is -0.0452. The normalized spacial score (nSPS) is 26.8. The lowest BCUT2D eigenvalue weighted by molar-refractivity contribution is -0.123. The fourth-order valence-corrected chi connectivity index (χ4v) is 3.27. The van der Waals surface area contributed by atoms with Gasteiger partial charge in [0.15, 0.2) is 0 Å². The van der Waals surface area contributed by atoms with E-state index in [-0.39, 0.29) is 18.1 Å². The molecular formula is C18H27N3O3. The summed E-state index contributed by atoms with van der Waals surface area (Å²) < 4.78 is 10.9. The Kier molecular flexibility index (Phi) is 5.84. The molecule has 3 rings (SSSR count). The fraction of sp³-hybridized carbons (Fsp3) is 0.611. The number of ether oxygens (including phenoxy) is 2. The van der Waals surface area contributed by atoms with Crippen molar-refractivity contribution < 1.29 is 14.3 Å². The minimum absolute atomic E-state index is 0.0452. The third kappa shape index (κ3) is 4.13. The quantitative estimate of drug-likeness (QED) is 0.872. The summed E-state index contributed by atoms with van der Waals surface area (Å²) in [4.78, 5) is 14.8. The van der Waals surface area contributed by atoms with Crippen molar-refractivity contribution in [1.82, 2.24) is 10.2 Å². The Hall–Kier alpha value is -1.47. The first kappa shape index (κ1) is 17.4. The second-order valence-electron chi connectivity index (χ2n) is 6.44. The maximum Gasteiger partial charge on any atom is 0.244 e. The van der Waals surface area contributed by atoms with Crippen molar-refractivity contribution in [2.75, 3.05) is 44.8 Å². The van der Waals surface area contributed by atoms with Crippen molar-refractivity contribution in [3.63, 3.8) is 0 Å². The monoisotopic (exact) mass is 333 g/mol. The van der Waals surface area contributed by atoms with Gasteiger partial charge in [-0.05, 0) is 31.5 Å². The van der Waals surface area contributed by atoms with E-state index in [1.807, 2.05) is 19.1 Å². The van der Waals surface area contributed by atoms with Crippen LogP contribution < -0.4 is 10.6 Å². The Balaban J connectivity index is 1.58. The van der Waals surface area contributed by atoms with Gasteiger partial charge in [0.25, 0.3) is 0 Å². The highest BCUT2D eigenvalue weighted by molar-refractivity contribution is 5.95. The van der Waals surface area contributed by atoms with Gasteiger partial charge in [-0.3, -0.25) is 9.69 Å². The van der Waals surface area contributed by atoms with Crippen molar-refractivity contribution in [3.05, 3.63) is 29.8 Å². The Morgan fingerprint density at radius 2 is 1.96 bits per heavy atom. The van der Waals surface area contributed by atoms with Crippen molar-refractivity contribution in [1.29, 1.82) is 0 Å². The van der Waals surface area contributed by atoms with Gasteiger partial charge < -0.3 is 20.1 Å². The Labute approximate surface area is 143 Å². The molecule has 3 atom stereocenters. The third-order valence-electron chi connectivity index (χ3n) is 4.85. The largest absolute Gasteiger partial charge is 0.379 e. The van der Waals surface area contributed by atoms with E-state index in [9.17, 15) is 4.79 Å². The summed E-state index contributed by atoms with van der Waals surface area (Å²) in [6.07, 6.45) is -0.112. The molecule has 132 valence electrons. The molecule has 1 aromatic carbocycles. The summed E-state index contributed by atoms with van der Waals surface area (Å²) in [5.41, 5.74) is 2.07. The molecule has 2 aliphatic heterocycles. The molecule has 0 aliphatic carbocycles. The summed E-state index contributed by atoms with van der Waals surface area (Å²) >= 11 is 0. The van der Waals surface area contributed by atoms with Crippen LogP contribution in [0.2, 0.25) is 0 Å². The van der Waals surface area contributed by atoms with Crippen LogP contribution in [0.15, 0.2) is 24.3 Å². The SMILES string of the molecule is CC(c1ccc(NC(=O)[C@H]2NCCO[C@@H]2C)cc1)N1CCOCC1. The lowest BCUT2D eigenvalue weighted by Crippen LogP contribution is -2.53. The van der Waals surface area contributed by atoms with Gasteiger partial charge in [-0.2, -0.15) is 0 Å². The van der Waals surface area contributed by atoms with Gasteiger partial charge in [-0.1, -0.05) is 12.1 Å². The van der Waals surface area contributed by atoms with Gasteiger partial charge in [-0.25, -0.2) is 0 Å². The van der Waals surface area contributed by atoms with Gasteiger partial charge in [-0.15, -0.1) is 0 Å². The second kappa shape index (κ2) is 8.07. The Bertz CT molecular complexity index is 543. The number of nitrogens with zero attached hydrogens (tertiary/aromatic N) is 1. The van der Waals surface area contributed by atoms with Crippen LogP contribution in [-0.4, -0.2) is 62.4 Å². The number of benzene rings is 1. The van der Waals surface area contributed by atoms with Crippen molar-refractivity contribution in [3.8, 4) is 0 Å². The molecule has 24 heavy (non-hydrogen) atoms. The molecule has 0 radical (unpaired) electrons. The van der Waals surface area contributed by atoms with Crippen LogP contribution in [0, 0.1) is 0 Å². The molecule has 0 aromatic heterocycles. The van der Waals surface area contributed by atoms with E-state index < -0.39 is 0 Å². The molecule has 0 saturated carbocycles. The molecule has 2 fully saturated rings. The first-order chi connectivity index (χ1) is 11.6. The molecule has 0 spiro atoms. The van der Waals surface area contributed by atoms with Gasteiger partial charge in [0.1, 0.15) is 6.04 Å². The lowest BCUT2D eigenvalue weighted by Gasteiger charge is -2.32. The molecule has 0 bridgehead atoms. The first-order valence-corrected chi connectivity index (χ1v) is 8.73. The molecule has 6 nitrogen and oxygen atoms in total. The van der Waals surface area contributed by atoms with Crippen molar-refractivity contribution >= 4 is 11.6 Å². The van der Waals surface area contributed by atoms with Gasteiger partial charge in [0.05, 0.1) is 25.9 Å². The van der Waals surface area contributed by atoms with Crippen LogP contribution in [0.4, 0.5) is 5.69 Å². The maximum absolute atomic E-state index is 12.4. The number of amides is 1. The van der Waals surface area contributed by atoms with Gasteiger partial charge in [0, 0.05) is 31.4 Å². The summed E-state index contributed by atoms with van der Waals surface area (Å²) in [6, 6.07) is 8.17. The minimum atomic E-state index is -0.300. The average molecular weight is 333 g/mol. The zero-order valence-corrected chi connectivity index (χ0v) is 14.5. The number of carbonyl (C=O) groups is 1. The highest BCUT2D eigenvalue weighted by Crippen LogP contribution is 2.23. The van der Waals surface area contributed by atoms with Gasteiger partial charge in [0.2, 0.25) is 5.91 Å². The van der Waals surface area contributed by atoms with E-state index in [0.717, 1.165) is 32.0 Å². The number of hydrogen-bond acceptors (Lipinski definition) is 5. The zero-order chi connectivity index (χ0) is 16.9. The third-order valence-corrected chi connectivity index (χ3v) is 4.85. The summed E-state index contributed by atoms with van der Waals surface area (Å²) in [5, 5.41) is 6.18. The number of morpholine rings is 2. The second-order valence-corrected chi connectivity index (χ2v) is 6.44. The molecule has 2 heterocycles. The first-order valence-electron chi connectivity index (χ1n) is 8.73. The highest BCUT2D eigenvalue weighted by Gasteiger charge is 2.28. The van der Waals surface area contributed by atoms with E-state index in [1.54, 1.807) is 0 Å². The van der Waals surface area contributed by atoms with Crippen molar-refractivity contribution in [2.45, 2.75) is 32.0 Å². The minimum Gasteiger partial charge on any atom is -0.379 e. The molecule has 2 aliphatic rings. The molecular weight excluding hydrogens is 306 g/mol. The highest BCUT2D eigenvalue weighted by atomic mass is 16.5. The number of anilines is 1. The predicted octanol–water partition coefficient (Wildman–Crippen LogP) is 1.40. The van der Waals surface area contributed by atoms with Gasteiger partial charge >= 0.3 is 0 Å². The zero-order valence-electron chi connectivity index (χ0n) is 14.5. The van der Waals surface area contributed by atoms with E-state index in [0.29, 0.717) is 19.2 Å². The number of rotatable bonds is 4. The molecule has 1 aromatic rings. The Morgan fingerprint density at radius 3 is 2.62 bits per heavy atom. The van der Waals surface area contributed by atoms with Crippen LogP contribution in [0.25, 0.3) is 0 Å². The fourth-order valence-electron chi connectivity index (χ4n) is 3.27. The predicted molar refractivity (Wildman–Crippen MR) is 93.1 cm³/mol. The van der Waals surface area contributed by atoms with Crippen molar-refractivity contribution in [2.24, 2.45) is 0 Å². The number of carbonyl (C=O) groups excluding carboxylic acids is 1. The molecule has 1 amide bonds. The van der Waals surface area contributed by atoms with E-state index in [1.165, 1.54) is 5.56 Å². The standard InChI is InChI=1S/C18H27N3O3/c1-13(21-8-11-23-12-9-21)15-3-5-16(6-4-15)20-18(22)17-14(2)24-10-7-19-17/h3-6,13-14,17,19H,7-12H2,1-2H3,(H,20,22)/t13?,14-,17+/m1/s1. The van der Waals surface area contributed by atoms with E-state index in [4.69, 9.17) is 9.47 Å². The maximum atomic E-state index is 12.4. The van der Waals surface area contributed by atoms with Crippen LogP contribution in [0.5, 0.6) is 0 Å². The van der Waals surface area contributed by atoms with Crippen LogP contribution in [0.3, 0.4) is 0 Å². The van der Waals surface area contributed by atoms with Crippen LogP contribution in [0.1, 0.15) is 25.5 Å². The topological polar surface area (TPSA) is 62.8 Å². The smallest absolute Gasteiger partial charge is 0.244 e. The molecule has 6 heteroatoms. The average Bonchev–Trinajstić information content (AvgIpc) is 2.63.